The third kappa shape index (κ3) is 10.5. The Balaban J connectivity index is 1.04. The fraction of sp³-hybridized carbons (Fsp3) is 0.310. The maximum atomic E-state index is 13.8. The van der Waals surface area contributed by atoms with Crippen LogP contribution in [0.2, 0.25) is 0 Å². The number of ether oxygens (including phenoxy) is 5. The number of halogens is 1. The Hall–Kier alpha value is -4.54. The van der Waals surface area contributed by atoms with Gasteiger partial charge in [0, 0.05) is 29.7 Å². The number of benzene rings is 4. The normalized spacial score (nSPS) is 13.6. The molecule has 0 fully saturated rings. The fourth-order valence-electron chi connectivity index (χ4n) is 5.75. The Morgan fingerprint density at radius 1 is 0.843 bits per heavy atom. The SMILES string of the molecule is CC(C)(C)OC(=O)COCCOCCN1CC=C(c2ccc(Oc3c(-c4ccc(F)cc4)sc4cc(OCc5ccccc5)ccc34)cc2)CC1. The summed E-state index contributed by atoms with van der Waals surface area (Å²) in [4.78, 5) is 15.0. The largest absolute Gasteiger partial charge is 0.489 e. The first-order valence-corrected chi connectivity index (χ1v) is 18.1. The van der Waals surface area contributed by atoms with Gasteiger partial charge in [0.15, 0.2) is 5.75 Å². The summed E-state index contributed by atoms with van der Waals surface area (Å²) in [6.07, 6.45) is 3.22. The molecule has 0 aliphatic carbocycles. The zero-order valence-electron chi connectivity index (χ0n) is 29.4. The summed E-state index contributed by atoms with van der Waals surface area (Å²) in [7, 11) is 0. The number of hydrogen-bond acceptors (Lipinski definition) is 8. The minimum absolute atomic E-state index is 0.0676. The Kier molecular flexibility index (Phi) is 12.2. The third-order valence-corrected chi connectivity index (χ3v) is 9.46. The van der Waals surface area contributed by atoms with Crippen LogP contribution in [0.5, 0.6) is 17.2 Å². The lowest BCUT2D eigenvalue weighted by molar-refractivity contribution is -0.160. The second-order valence-corrected chi connectivity index (χ2v) is 14.4. The number of carbonyl (C=O) groups is 1. The molecule has 1 aliphatic rings. The molecule has 1 aliphatic heterocycles. The van der Waals surface area contributed by atoms with E-state index in [4.69, 9.17) is 23.7 Å². The van der Waals surface area contributed by atoms with E-state index in [9.17, 15) is 9.18 Å². The number of esters is 1. The van der Waals surface area contributed by atoms with Crippen molar-refractivity contribution in [3.05, 3.63) is 120 Å². The van der Waals surface area contributed by atoms with Gasteiger partial charge in [0.2, 0.25) is 0 Å². The lowest BCUT2D eigenvalue weighted by atomic mass is 9.99. The average molecular weight is 710 g/mol. The van der Waals surface area contributed by atoms with Gasteiger partial charge >= 0.3 is 5.97 Å². The summed E-state index contributed by atoms with van der Waals surface area (Å²) in [6, 6.07) is 30.9. The van der Waals surface area contributed by atoms with Gasteiger partial charge in [-0.15, -0.1) is 11.3 Å². The van der Waals surface area contributed by atoms with Crippen LogP contribution in [0.1, 0.15) is 38.3 Å². The Morgan fingerprint density at radius 3 is 2.29 bits per heavy atom. The van der Waals surface area contributed by atoms with E-state index in [1.165, 1.54) is 23.3 Å². The Morgan fingerprint density at radius 2 is 1.57 bits per heavy atom. The number of rotatable bonds is 15. The molecule has 0 atom stereocenters. The topological polar surface area (TPSA) is 66.5 Å². The van der Waals surface area contributed by atoms with Crippen LogP contribution >= 0.6 is 11.3 Å². The highest BCUT2D eigenvalue weighted by atomic mass is 32.1. The van der Waals surface area contributed by atoms with Crippen molar-refractivity contribution in [2.75, 3.05) is 46.1 Å². The maximum absolute atomic E-state index is 13.8. The molecule has 51 heavy (non-hydrogen) atoms. The van der Waals surface area contributed by atoms with Crippen LogP contribution in [0.25, 0.3) is 26.1 Å². The molecule has 6 rings (SSSR count). The van der Waals surface area contributed by atoms with Crippen molar-refractivity contribution in [1.29, 1.82) is 0 Å². The van der Waals surface area contributed by atoms with Gasteiger partial charge in [-0.05, 0) is 91.9 Å². The molecule has 0 saturated heterocycles. The summed E-state index contributed by atoms with van der Waals surface area (Å²) in [5, 5.41) is 0.975. The van der Waals surface area contributed by atoms with E-state index in [1.807, 2.05) is 81.4 Å². The molecule has 0 unspecified atom stereocenters. The molecule has 0 amide bonds. The summed E-state index contributed by atoms with van der Waals surface area (Å²) < 4.78 is 43.9. The predicted molar refractivity (Wildman–Crippen MR) is 201 cm³/mol. The van der Waals surface area contributed by atoms with E-state index in [0.29, 0.717) is 26.4 Å². The molecule has 2 heterocycles. The minimum atomic E-state index is -0.513. The molecular weight excluding hydrogens is 666 g/mol. The molecule has 1 aromatic heterocycles. The Labute approximate surface area is 303 Å². The molecule has 0 spiro atoms. The zero-order chi connectivity index (χ0) is 35.6. The van der Waals surface area contributed by atoms with Crippen LogP contribution in [0.4, 0.5) is 4.39 Å². The van der Waals surface area contributed by atoms with Crippen molar-refractivity contribution in [3.8, 4) is 27.7 Å². The molecule has 7 nitrogen and oxygen atoms in total. The van der Waals surface area contributed by atoms with E-state index in [0.717, 1.165) is 69.4 Å². The van der Waals surface area contributed by atoms with Crippen molar-refractivity contribution in [3.63, 3.8) is 0 Å². The number of thiophene rings is 1. The van der Waals surface area contributed by atoms with Crippen LogP contribution in [0, 0.1) is 5.82 Å². The van der Waals surface area contributed by atoms with Gasteiger partial charge in [-0.1, -0.05) is 60.7 Å². The van der Waals surface area contributed by atoms with Gasteiger partial charge in [-0.2, -0.15) is 0 Å². The van der Waals surface area contributed by atoms with E-state index < -0.39 is 5.60 Å². The van der Waals surface area contributed by atoms with Crippen molar-refractivity contribution in [1.82, 2.24) is 4.90 Å². The van der Waals surface area contributed by atoms with Crippen LogP contribution in [0.3, 0.4) is 0 Å². The Bertz CT molecular complexity index is 1920. The first-order chi connectivity index (χ1) is 24.7. The summed E-state index contributed by atoms with van der Waals surface area (Å²) in [5.41, 5.74) is 3.97. The number of hydrogen-bond donors (Lipinski definition) is 0. The minimum Gasteiger partial charge on any atom is -0.489 e. The standard InChI is InChI=1S/C42H44FNO6S/c1-42(2,3)50-39(45)29-47-26-25-46-24-23-44-21-19-32(20-22-44)31-11-15-35(16-12-31)49-40-37-18-17-36(48-28-30-7-5-4-6-8-30)27-38(37)51-41(40)33-9-13-34(43)14-10-33/h4-19,27H,20-26,28-29H2,1-3H3. The van der Waals surface area contributed by atoms with Gasteiger partial charge in [-0.25, -0.2) is 9.18 Å². The van der Waals surface area contributed by atoms with Gasteiger partial charge in [0.25, 0.3) is 0 Å². The molecule has 5 aromatic rings. The second kappa shape index (κ2) is 17.1. The van der Waals surface area contributed by atoms with Gasteiger partial charge < -0.3 is 23.7 Å². The smallest absolute Gasteiger partial charge is 0.332 e. The lowest BCUT2D eigenvalue weighted by Gasteiger charge is -2.26. The van der Waals surface area contributed by atoms with Crippen molar-refractivity contribution in [2.24, 2.45) is 0 Å². The van der Waals surface area contributed by atoms with Crippen molar-refractivity contribution < 1.29 is 32.9 Å². The summed E-state index contributed by atoms with van der Waals surface area (Å²) in [5.74, 6) is 1.61. The molecule has 4 aromatic carbocycles. The molecular formula is C42H44FNO6S. The lowest BCUT2D eigenvalue weighted by Crippen LogP contribution is -2.32. The zero-order valence-corrected chi connectivity index (χ0v) is 30.2. The van der Waals surface area contributed by atoms with Crippen LogP contribution < -0.4 is 9.47 Å². The number of carbonyl (C=O) groups excluding carboxylic acids is 1. The number of fused-ring (bicyclic) bond motifs is 1. The van der Waals surface area contributed by atoms with Gasteiger partial charge in [-0.3, -0.25) is 4.90 Å². The first-order valence-electron chi connectivity index (χ1n) is 17.3. The molecule has 9 heteroatoms. The highest BCUT2D eigenvalue weighted by Gasteiger charge is 2.19. The first kappa shape index (κ1) is 36.3. The van der Waals surface area contributed by atoms with Crippen molar-refractivity contribution >= 4 is 33.0 Å². The van der Waals surface area contributed by atoms with Crippen LogP contribution in [0.15, 0.2) is 103 Å². The second-order valence-electron chi connectivity index (χ2n) is 13.4. The van der Waals surface area contributed by atoms with E-state index in [2.05, 4.69) is 23.1 Å². The maximum Gasteiger partial charge on any atom is 0.332 e. The highest BCUT2D eigenvalue weighted by molar-refractivity contribution is 7.22. The molecule has 0 bridgehead atoms. The van der Waals surface area contributed by atoms with Gasteiger partial charge in [0.1, 0.15) is 36.1 Å². The van der Waals surface area contributed by atoms with E-state index in [-0.39, 0.29) is 18.4 Å². The average Bonchev–Trinajstić information content (AvgIpc) is 3.48. The van der Waals surface area contributed by atoms with E-state index in [1.54, 1.807) is 23.5 Å². The monoisotopic (exact) mass is 709 g/mol. The predicted octanol–water partition coefficient (Wildman–Crippen LogP) is 9.54. The van der Waals surface area contributed by atoms with Crippen LogP contribution in [-0.2, 0) is 25.6 Å². The molecule has 0 radical (unpaired) electrons. The van der Waals surface area contributed by atoms with E-state index >= 15 is 0 Å². The molecule has 266 valence electrons. The number of nitrogens with zero attached hydrogens (tertiary/aromatic N) is 1. The summed E-state index contributed by atoms with van der Waals surface area (Å²) >= 11 is 1.60. The molecule has 0 N–H and O–H groups in total. The highest BCUT2D eigenvalue weighted by Crippen LogP contribution is 2.47. The van der Waals surface area contributed by atoms with Gasteiger partial charge in [0.05, 0.1) is 24.7 Å². The quantitative estimate of drug-likeness (QED) is 0.0793. The summed E-state index contributed by atoms with van der Waals surface area (Å²) in [6.45, 7) is 9.92. The van der Waals surface area contributed by atoms with Crippen LogP contribution in [-0.4, -0.2) is 62.5 Å². The molecule has 0 saturated carbocycles. The fourth-order valence-corrected chi connectivity index (χ4v) is 6.91. The third-order valence-electron chi connectivity index (χ3n) is 8.27. The van der Waals surface area contributed by atoms with Crippen molar-refractivity contribution in [2.45, 2.75) is 39.4 Å².